The van der Waals surface area contributed by atoms with Gasteiger partial charge in [0.2, 0.25) is 0 Å². The first-order chi connectivity index (χ1) is 14.1. The lowest BCUT2D eigenvalue weighted by Gasteiger charge is -2.40. The standard InChI is InChI=1S/C23H29NO5/c1-4-29-17-10-8-16(9-11-17)22(24-14-6-5-7-20(24)23(25)26)19-13-12-18(27-2)15-21(19)28-3/h8-13,15,20,22H,4-7,14H2,1-3H3,(H,25,26). The number of hydrogen-bond donors (Lipinski definition) is 1. The Labute approximate surface area is 172 Å². The minimum Gasteiger partial charge on any atom is -0.497 e. The average Bonchev–Trinajstić information content (AvgIpc) is 2.75. The normalized spacial score (nSPS) is 18.1. The summed E-state index contributed by atoms with van der Waals surface area (Å²) in [6, 6.07) is 12.8. The van der Waals surface area contributed by atoms with Crippen molar-refractivity contribution in [3.8, 4) is 17.2 Å². The first kappa shape index (κ1) is 21.0. The second-order valence-corrected chi connectivity index (χ2v) is 7.10. The molecule has 1 saturated heterocycles. The molecule has 2 aromatic carbocycles. The molecule has 29 heavy (non-hydrogen) atoms. The number of carboxylic acid groups (broad SMARTS) is 1. The fraction of sp³-hybridized carbons (Fsp3) is 0.435. The zero-order valence-corrected chi connectivity index (χ0v) is 17.3. The number of carboxylic acids is 1. The zero-order chi connectivity index (χ0) is 20.8. The van der Waals surface area contributed by atoms with Crippen LogP contribution in [0.15, 0.2) is 42.5 Å². The highest BCUT2D eigenvalue weighted by Crippen LogP contribution is 2.40. The quantitative estimate of drug-likeness (QED) is 0.720. The molecule has 2 aromatic rings. The zero-order valence-electron chi connectivity index (χ0n) is 17.3. The number of aliphatic carboxylic acids is 1. The van der Waals surface area contributed by atoms with Gasteiger partial charge in [0, 0.05) is 11.6 Å². The van der Waals surface area contributed by atoms with Crippen molar-refractivity contribution in [3.05, 3.63) is 53.6 Å². The molecule has 1 heterocycles. The lowest BCUT2D eigenvalue weighted by molar-refractivity contribution is -0.145. The van der Waals surface area contributed by atoms with Gasteiger partial charge in [-0.2, -0.15) is 0 Å². The molecule has 6 nitrogen and oxygen atoms in total. The van der Waals surface area contributed by atoms with Crippen molar-refractivity contribution in [3.63, 3.8) is 0 Å². The van der Waals surface area contributed by atoms with Crippen LogP contribution in [0.3, 0.4) is 0 Å². The van der Waals surface area contributed by atoms with Crippen molar-refractivity contribution in [1.82, 2.24) is 4.90 Å². The lowest BCUT2D eigenvalue weighted by atomic mass is 9.91. The molecule has 2 atom stereocenters. The summed E-state index contributed by atoms with van der Waals surface area (Å²) in [6.45, 7) is 3.26. The molecule has 2 unspecified atom stereocenters. The van der Waals surface area contributed by atoms with Crippen molar-refractivity contribution in [2.75, 3.05) is 27.4 Å². The fourth-order valence-corrected chi connectivity index (χ4v) is 4.04. The third-order valence-electron chi connectivity index (χ3n) is 5.40. The molecular formula is C23H29NO5. The van der Waals surface area contributed by atoms with E-state index in [0.29, 0.717) is 31.1 Å². The number of ether oxygens (including phenoxy) is 3. The van der Waals surface area contributed by atoms with E-state index in [4.69, 9.17) is 14.2 Å². The molecule has 156 valence electrons. The monoisotopic (exact) mass is 399 g/mol. The van der Waals surface area contributed by atoms with Gasteiger partial charge < -0.3 is 19.3 Å². The van der Waals surface area contributed by atoms with E-state index >= 15 is 0 Å². The minimum atomic E-state index is -0.784. The SMILES string of the molecule is CCOc1ccc(C(c2ccc(OC)cc2OC)N2CCCCC2C(=O)O)cc1. The maximum absolute atomic E-state index is 12.0. The molecule has 0 bridgehead atoms. The Bertz CT molecular complexity index is 821. The van der Waals surface area contributed by atoms with Gasteiger partial charge in [-0.05, 0) is 56.1 Å². The summed E-state index contributed by atoms with van der Waals surface area (Å²) in [5.74, 6) is 1.39. The maximum atomic E-state index is 12.0. The Kier molecular flexibility index (Phi) is 6.99. The predicted octanol–water partition coefficient (Wildman–Crippen LogP) is 4.13. The van der Waals surface area contributed by atoms with Crippen LogP contribution in [-0.2, 0) is 4.79 Å². The van der Waals surface area contributed by atoms with E-state index in [-0.39, 0.29) is 6.04 Å². The van der Waals surface area contributed by atoms with Gasteiger partial charge in [0.15, 0.2) is 0 Å². The van der Waals surface area contributed by atoms with Crippen LogP contribution in [0.4, 0.5) is 0 Å². The van der Waals surface area contributed by atoms with Gasteiger partial charge in [-0.15, -0.1) is 0 Å². The van der Waals surface area contributed by atoms with Gasteiger partial charge in [0.1, 0.15) is 23.3 Å². The molecular weight excluding hydrogens is 370 g/mol. The van der Waals surface area contributed by atoms with Crippen LogP contribution in [0.2, 0.25) is 0 Å². The van der Waals surface area contributed by atoms with Gasteiger partial charge in [-0.1, -0.05) is 18.6 Å². The van der Waals surface area contributed by atoms with Gasteiger partial charge >= 0.3 is 5.97 Å². The predicted molar refractivity (Wildman–Crippen MR) is 111 cm³/mol. The Hall–Kier alpha value is -2.73. The van der Waals surface area contributed by atoms with E-state index in [9.17, 15) is 9.90 Å². The van der Waals surface area contributed by atoms with Crippen LogP contribution in [0.5, 0.6) is 17.2 Å². The van der Waals surface area contributed by atoms with Crippen LogP contribution in [0, 0.1) is 0 Å². The Morgan fingerprint density at radius 3 is 2.45 bits per heavy atom. The third kappa shape index (κ3) is 4.65. The Morgan fingerprint density at radius 1 is 1.10 bits per heavy atom. The van der Waals surface area contributed by atoms with Gasteiger partial charge in [0.05, 0.1) is 26.9 Å². The van der Waals surface area contributed by atoms with Crippen LogP contribution < -0.4 is 14.2 Å². The molecule has 1 aliphatic heterocycles. The molecule has 0 aromatic heterocycles. The highest BCUT2D eigenvalue weighted by atomic mass is 16.5. The first-order valence-corrected chi connectivity index (χ1v) is 10.0. The Balaban J connectivity index is 2.09. The summed E-state index contributed by atoms with van der Waals surface area (Å²) >= 11 is 0. The summed E-state index contributed by atoms with van der Waals surface area (Å²) in [5, 5.41) is 9.86. The van der Waals surface area contributed by atoms with Crippen molar-refractivity contribution < 1.29 is 24.1 Å². The van der Waals surface area contributed by atoms with E-state index in [1.165, 1.54) is 0 Å². The number of benzene rings is 2. The highest BCUT2D eigenvalue weighted by molar-refractivity contribution is 5.74. The molecule has 3 rings (SSSR count). The molecule has 1 fully saturated rings. The number of likely N-dealkylation sites (tertiary alicyclic amines) is 1. The molecule has 0 spiro atoms. The van der Waals surface area contributed by atoms with Crippen molar-refractivity contribution in [2.24, 2.45) is 0 Å². The van der Waals surface area contributed by atoms with Gasteiger partial charge in [-0.3, -0.25) is 9.69 Å². The molecule has 0 radical (unpaired) electrons. The topological polar surface area (TPSA) is 68.2 Å². The van der Waals surface area contributed by atoms with Crippen molar-refractivity contribution in [2.45, 2.75) is 38.3 Å². The van der Waals surface area contributed by atoms with Crippen LogP contribution >= 0.6 is 0 Å². The highest BCUT2D eigenvalue weighted by Gasteiger charge is 2.36. The third-order valence-corrected chi connectivity index (χ3v) is 5.40. The van der Waals surface area contributed by atoms with Crippen LogP contribution in [-0.4, -0.2) is 49.4 Å². The Morgan fingerprint density at radius 2 is 1.83 bits per heavy atom. The number of piperidine rings is 1. The molecule has 1 N–H and O–H groups in total. The van der Waals surface area contributed by atoms with Crippen LogP contribution in [0.25, 0.3) is 0 Å². The summed E-state index contributed by atoms with van der Waals surface area (Å²) < 4.78 is 16.6. The van der Waals surface area contributed by atoms with E-state index in [1.807, 2.05) is 49.4 Å². The van der Waals surface area contributed by atoms with Crippen molar-refractivity contribution in [1.29, 1.82) is 0 Å². The van der Waals surface area contributed by atoms with E-state index < -0.39 is 12.0 Å². The summed E-state index contributed by atoms with van der Waals surface area (Å²) in [4.78, 5) is 14.1. The van der Waals surface area contributed by atoms with Gasteiger partial charge in [-0.25, -0.2) is 0 Å². The maximum Gasteiger partial charge on any atom is 0.320 e. The van der Waals surface area contributed by atoms with Crippen molar-refractivity contribution >= 4 is 5.97 Å². The molecule has 0 saturated carbocycles. The van der Waals surface area contributed by atoms with Gasteiger partial charge in [0.25, 0.3) is 0 Å². The average molecular weight is 399 g/mol. The van der Waals surface area contributed by atoms with E-state index in [0.717, 1.165) is 29.7 Å². The number of hydrogen-bond acceptors (Lipinski definition) is 5. The molecule has 1 aliphatic rings. The fourth-order valence-electron chi connectivity index (χ4n) is 4.04. The second-order valence-electron chi connectivity index (χ2n) is 7.10. The molecule has 0 amide bonds. The number of nitrogens with zero attached hydrogens (tertiary/aromatic N) is 1. The van der Waals surface area contributed by atoms with E-state index in [2.05, 4.69) is 4.90 Å². The smallest absolute Gasteiger partial charge is 0.320 e. The van der Waals surface area contributed by atoms with E-state index in [1.54, 1.807) is 14.2 Å². The number of methoxy groups -OCH3 is 2. The van der Waals surface area contributed by atoms with Crippen LogP contribution in [0.1, 0.15) is 43.4 Å². The largest absolute Gasteiger partial charge is 0.497 e. The number of rotatable bonds is 8. The first-order valence-electron chi connectivity index (χ1n) is 10.0. The lowest BCUT2D eigenvalue weighted by Crippen LogP contribution is -2.46. The second kappa shape index (κ2) is 9.65. The minimum absolute atomic E-state index is 0.243. The summed E-state index contributed by atoms with van der Waals surface area (Å²) in [5.41, 5.74) is 1.93. The summed E-state index contributed by atoms with van der Waals surface area (Å²) in [7, 11) is 3.24. The molecule has 0 aliphatic carbocycles. The number of carbonyl (C=O) groups is 1. The molecule has 6 heteroatoms. The summed E-state index contributed by atoms with van der Waals surface area (Å²) in [6.07, 6.45) is 2.53.